The Morgan fingerprint density at radius 2 is 1.83 bits per heavy atom. The second kappa shape index (κ2) is 7.74. The minimum absolute atomic E-state index is 0.0862. The van der Waals surface area contributed by atoms with Crippen molar-refractivity contribution >= 4 is 5.91 Å². The average molecular weight is 396 g/mol. The van der Waals surface area contributed by atoms with Gasteiger partial charge in [-0.2, -0.15) is 0 Å². The predicted octanol–water partition coefficient (Wildman–Crippen LogP) is 5.48. The number of amides is 1. The maximum atomic E-state index is 12.9. The van der Waals surface area contributed by atoms with Gasteiger partial charge in [0.05, 0.1) is 6.04 Å². The first-order valence-electron chi connectivity index (χ1n) is 10.3. The largest absolute Gasteiger partial charge is 0.487 e. The third-order valence-corrected chi connectivity index (χ3v) is 5.34. The molecule has 3 rings (SSSR count). The molecule has 1 heterocycles. The highest BCUT2D eigenvalue weighted by Gasteiger charge is 2.35. The Balaban J connectivity index is 1.70. The number of carbonyl (C=O) groups is 1. The second-order valence-corrected chi connectivity index (χ2v) is 9.70. The van der Waals surface area contributed by atoms with Crippen LogP contribution in [0.5, 0.6) is 11.5 Å². The van der Waals surface area contributed by atoms with E-state index in [-0.39, 0.29) is 23.0 Å². The molecule has 2 atom stereocenters. The van der Waals surface area contributed by atoms with E-state index < -0.39 is 6.10 Å². The van der Waals surface area contributed by atoms with Gasteiger partial charge in [-0.25, -0.2) is 0 Å². The van der Waals surface area contributed by atoms with Crippen molar-refractivity contribution in [3.63, 3.8) is 0 Å². The summed E-state index contributed by atoms with van der Waals surface area (Å²) in [4.78, 5) is 12.9. The van der Waals surface area contributed by atoms with Gasteiger partial charge >= 0.3 is 0 Å². The fourth-order valence-corrected chi connectivity index (χ4v) is 3.68. The molecule has 2 aromatic rings. The van der Waals surface area contributed by atoms with Crippen LogP contribution in [0.2, 0.25) is 0 Å². The third kappa shape index (κ3) is 5.11. The third-order valence-electron chi connectivity index (χ3n) is 5.34. The van der Waals surface area contributed by atoms with Crippen molar-refractivity contribution in [1.82, 2.24) is 5.32 Å². The number of fused-ring (bicyclic) bond motifs is 1. The molecule has 1 aliphatic rings. The van der Waals surface area contributed by atoms with Gasteiger partial charge in [0.25, 0.3) is 5.91 Å². The highest BCUT2D eigenvalue weighted by atomic mass is 16.5. The zero-order chi connectivity index (χ0) is 21.4. The van der Waals surface area contributed by atoms with Gasteiger partial charge in [-0.05, 0) is 56.9 Å². The monoisotopic (exact) mass is 395 g/mol. The van der Waals surface area contributed by atoms with Crippen molar-refractivity contribution in [2.45, 2.75) is 78.0 Å². The van der Waals surface area contributed by atoms with Gasteiger partial charge in [-0.1, -0.05) is 50.6 Å². The van der Waals surface area contributed by atoms with Crippen molar-refractivity contribution in [1.29, 1.82) is 0 Å². The summed E-state index contributed by atoms with van der Waals surface area (Å²) in [5, 5.41) is 3.17. The lowest BCUT2D eigenvalue weighted by Crippen LogP contribution is -2.44. The molecule has 0 spiro atoms. The van der Waals surface area contributed by atoms with Crippen LogP contribution < -0.4 is 14.8 Å². The van der Waals surface area contributed by atoms with E-state index in [1.54, 1.807) is 6.92 Å². The van der Waals surface area contributed by atoms with Gasteiger partial charge in [0.2, 0.25) is 0 Å². The van der Waals surface area contributed by atoms with Gasteiger partial charge in [0, 0.05) is 12.0 Å². The summed E-state index contributed by atoms with van der Waals surface area (Å²) in [5.74, 6) is 1.41. The lowest BCUT2D eigenvalue weighted by atomic mass is 9.87. The lowest BCUT2D eigenvalue weighted by Gasteiger charge is -2.38. The summed E-state index contributed by atoms with van der Waals surface area (Å²) in [5.41, 5.74) is 3.16. The Kier molecular flexibility index (Phi) is 5.66. The van der Waals surface area contributed by atoms with Gasteiger partial charge in [0.15, 0.2) is 6.10 Å². The van der Waals surface area contributed by atoms with Crippen molar-refractivity contribution in [2.75, 3.05) is 0 Å². The Labute approximate surface area is 174 Å². The van der Waals surface area contributed by atoms with E-state index in [9.17, 15) is 4.79 Å². The molecule has 0 saturated heterocycles. The van der Waals surface area contributed by atoms with E-state index >= 15 is 0 Å². The van der Waals surface area contributed by atoms with Crippen molar-refractivity contribution in [2.24, 2.45) is 0 Å². The normalized spacial score (nSPS) is 18.9. The number of hydrogen-bond donors (Lipinski definition) is 1. The number of ether oxygens (including phenoxy) is 2. The maximum absolute atomic E-state index is 12.9. The molecule has 0 aromatic heterocycles. The first-order valence-corrected chi connectivity index (χ1v) is 10.3. The lowest BCUT2D eigenvalue weighted by molar-refractivity contribution is -0.128. The molecule has 1 aliphatic heterocycles. The Bertz CT molecular complexity index is 878. The number of benzene rings is 2. The summed E-state index contributed by atoms with van der Waals surface area (Å²) in [7, 11) is 0. The number of hydrogen-bond acceptors (Lipinski definition) is 3. The van der Waals surface area contributed by atoms with Crippen LogP contribution in [0, 0.1) is 6.92 Å². The molecule has 4 heteroatoms. The molecule has 29 heavy (non-hydrogen) atoms. The Morgan fingerprint density at radius 3 is 2.45 bits per heavy atom. The first kappa shape index (κ1) is 21.2. The van der Waals surface area contributed by atoms with Crippen molar-refractivity contribution < 1.29 is 14.3 Å². The molecule has 0 radical (unpaired) electrons. The van der Waals surface area contributed by atoms with Crippen molar-refractivity contribution in [3.8, 4) is 11.5 Å². The van der Waals surface area contributed by atoms with Gasteiger partial charge in [-0.3, -0.25) is 4.79 Å². The number of carbonyl (C=O) groups excluding carboxylic acids is 1. The van der Waals surface area contributed by atoms with Crippen LogP contribution in [0.15, 0.2) is 42.5 Å². The molecule has 0 aliphatic carbocycles. The van der Waals surface area contributed by atoms with E-state index in [4.69, 9.17) is 9.47 Å². The summed E-state index contributed by atoms with van der Waals surface area (Å²) in [6.07, 6.45) is 0.122. The Morgan fingerprint density at radius 1 is 1.17 bits per heavy atom. The highest BCUT2D eigenvalue weighted by molar-refractivity contribution is 5.81. The predicted molar refractivity (Wildman–Crippen MR) is 117 cm³/mol. The highest BCUT2D eigenvalue weighted by Crippen LogP contribution is 2.40. The van der Waals surface area contributed by atoms with Crippen LogP contribution in [0.4, 0.5) is 0 Å². The molecule has 1 amide bonds. The fourth-order valence-electron chi connectivity index (χ4n) is 3.68. The smallest absolute Gasteiger partial charge is 0.261 e. The van der Waals surface area contributed by atoms with E-state index in [1.165, 1.54) is 5.56 Å². The van der Waals surface area contributed by atoms with Crippen LogP contribution in [-0.2, 0) is 10.2 Å². The molecular formula is C25H33NO3. The molecule has 0 unspecified atom stereocenters. The van der Waals surface area contributed by atoms with Gasteiger partial charge in [0.1, 0.15) is 17.1 Å². The number of aryl methyl sites for hydroxylation is 1. The summed E-state index contributed by atoms with van der Waals surface area (Å²) in [6, 6.07) is 14.0. The minimum atomic E-state index is -0.588. The SMILES string of the molecule is Cc1ccc2c(c1)[C@H](NC(=O)[C@H](C)Oc1ccc(C(C)(C)C)cc1)CC(C)(C)O2. The number of rotatable bonds is 4. The molecule has 0 bridgehead atoms. The van der Waals surface area contributed by atoms with E-state index in [2.05, 4.69) is 44.3 Å². The van der Waals surface area contributed by atoms with Crippen LogP contribution in [0.25, 0.3) is 0 Å². The minimum Gasteiger partial charge on any atom is -0.487 e. The standard InChI is InChI=1S/C25H33NO3/c1-16-8-13-22-20(14-16)21(15-25(6,7)29-22)26-23(27)17(2)28-19-11-9-18(10-12-19)24(3,4)5/h8-14,17,21H,15H2,1-7H3,(H,26,27)/t17-,21+/m0/s1. The van der Waals surface area contributed by atoms with Gasteiger partial charge < -0.3 is 14.8 Å². The summed E-state index contributed by atoms with van der Waals surface area (Å²) in [6.45, 7) is 14.5. The zero-order valence-corrected chi connectivity index (χ0v) is 18.6. The Hall–Kier alpha value is -2.49. The second-order valence-electron chi connectivity index (χ2n) is 9.70. The average Bonchev–Trinajstić information content (AvgIpc) is 2.61. The number of nitrogens with one attached hydrogen (secondary N) is 1. The topological polar surface area (TPSA) is 47.6 Å². The van der Waals surface area contributed by atoms with Crippen LogP contribution in [-0.4, -0.2) is 17.6 Å². The van der Waals surface area contributed by atoms with Crippen molar-refractivity contribution in [3.05, 3.63) is 59.2 Å². The quantitative estimate of drug-likeness (QED) is 0.746. The molecule has 1 N–H and O–H groups in total. The first-order chi connectivity index (χ1) is 13.4. The molecule has 2 aromatic carbocycles. The summed E-state index contributed by atoms with van der Waals surface area (Å²) >= 11 is 0. The molecule has 0 fully saturated rings. The van der Waals surface area contributed by atoms with E-state index in [0.717, 1.165) is 16.9 Å². The molecule has 0 saturated carbocycles. The van der Waals surface area contributed by atoms with Gasteiger partial charge in [-0.15, -0.1) is 0 Å². The van der Waals surface area contributed by atoms with Crippen LogP contribution in [0.3, 0.4) is 0 Å². The van der Waals surface area contributed by atoms with Crippen LogP contribution >= 0.6 is 0 Å². The summed E-state index contributed by atoms with van der Waals surface area (Å²) < 4.78 is 12.0. The maximum Gasteiger partial charge on any atom is 0.261 e. The van der Waals surface area contributed by atoms with E-state index in [1.807, 2.05) is 45.0 Å². The molecular weight excluding hydrogens is 362 g/mol. The molecule has 156 valence electrons. The van der Waals surface area contributed by atoms with E-state index in [0.29, 0.717) is 12.2 Å². The molecule has 4 nitrogen and oxygen atoms in total. The zero-order valence-electron chi connectivity index (χ0n) is 18.6. The van der Waals surface area contributed by atoms with Crippen LogP contribution in [0.1, 0.15) is 70.7 Å². The fraction of sp³-hybridized carbons (Fsp3) is 0.480.